The average Bonchev–Trinajstić information content (AvgIpc) is 2.43. The van der Waals surface area contributed by atoms with Gasteiger partial charge in [0.1, 0.15) is 0 Å². The predicted octanol–water partition coefficient (Wildman–Crippen LogP) is 1.37. The number of imidazole rings is 1. The monoisotopic (exact) mass is 190 g/mol. The summed E-state index contributed by atoms with van der Waals surface area (Å²) >= 11 is 0. The molecule has 2 rings (SSSR count). The molecule has 0 bridgehead atoms. The van der Waals surface area contributed by atoms with E-state index in [0.717, 1.165) is 5.56 Å². The van der Waals surface area contributed by atoms with Crippen LogP contribution in [0.2, 0.25) is 0 Å². The van der Waals surface area contributed by atoms with Crippen molar-refractivity contribution in [3.05, 3.63) is 33.7 Å². The van der Waals surface area contributed by atoms with Crippen LogP contribution in [0.3, 0.4) is 0 Å². The number of hydrogen-bond acceptors (Lipinski definition) is 2. The molecule has 0 saturated heterocycles. The lowest BCUT2D eigenvalue weighted by Crippen LogP contribution is -2.01. The zero-order chi connectivity index (χ0) is 10.3. The Hall–Kier alpha value is -1.84. The molecule has 1 aromatic heterocycles. The highest BCUT2D eigenvalue weighted by molar-refractivity contribution is 6.06. The Morgan fingerprint density at radius 1 is 1.29 bits per heavy atom. The van der Waals surface area contributed by atoms with Gasteiger partial charge in [0.2, 0.25) is 0 Å². The second-order valence-electron chi connectivity index (χ2n) is 3.32. The van der Waals surface area contributed by atoms with Gasteiger partial charge in [-0.1, -0.05) is 6.07 Å². The smallest absolute Gasteiger partial charge is 0.306 e. The third-order valence-corrected chi connectivity index (χ3v) is 2.25. The summed E-state index contributed by atoms with van der Waals surface area (Å²) in [5, 5.41) is 0. The van der Waals surface area contributed by atoms with Gasteiger partial charge in [-0.05, 0) is 25.5 Å². The molecule has 2 N–H and O–H groups in total. The second-order valence-corrected chi connectivity index (χ2v) is 3.32. The van der Waals surface area contributed by atoms with Gasteiger partial charge < -0.3 is 9.97 Å². The molecule has 0 aliphatic heterocycles. The molecule has 0 aliphatic rings. The third kappa shape index (κ3) is 1.16. The van der Waals surface area contributed by atoms with Crippen LogP contribution in [0.5, 0.6) is 0 Å². The predicted molar refractivity (Wildman–Crippen MR) is 53.7 cm³/mol. The molecule has 0 saturated carbocycles. The molecule has 4 heteroatoms. The van der Waals surface area contributed by atoms with Crippen molar-refractivity contribution < 1.29 is 4.79 Å². The molecule has 1 heterocycles. The first-order valence-corrected chi connectivity index (χ1v) is 4.32. The number of ketones is 1. The molecule has 2 aromatic rings. The van der Waals surface area contributed by atoms with Gasteiger partial charge in [-0.2, -0.15) is 0 Å². The third-order valence-electron chi connectivity index (χ3n) is 2.25. The Balaban J connectivity index is 2.95. The van der Waals surface area contributed by atoms with Crippen molar-refractivity contribution in [3.8, 4) is 0 Å². The van der Waals surface area contributed by atoms with Crippen molar-refractivity contribution >= 4 is 16.8 Å². The van der Waals surface area contributed by atoms with Crippen molar-refractivity contribution in [1.29, 1.82) is 0 Å². The fourth-order valence-corrected chi connectivity index (χ4v) is 1.66. The Kier molecular flexibility index (Phi) is 1.77. The minimum absolute atomic E-state index is 0.0386. The Morgan fingerprint density at radius 2 is 2.00 bits per heavy atom. The van der Waals surface area contributed by atoms with Crippen LogP contribution in [0, 0.1) is 6.92 Å². The Morgan fingerprint density at radius 3 is 2.64 bits per heavy atom. The first-order chi connectivity index (χ1) is 6.59. The largest absolute Gasteiger partial charge is 0.323 e. The lowest BCUT2D eigenvalue weighted by Gasteiger charge is -2.01. The highest BCUT2D eigenvalue weighted by Gasteiger charge is 2.10. The van der Waals surface area contributed by atoms with Crippen LogP contribution in [0.1, 0.15) is 22.8 Å². The fraction of sp³-hybridized carbons (Fsp3) is 0.200. The summed E-state index contributed by atoms with van der Waals surface area (Å²) in [6, 6.07) is 3.61. The number of Topliss-reactive ketones (excluding diaryl/α,β-unsaturated/α-hetero) is 1. The molecule has 0 atom stereocenters. The molecular formula is C10H10N2O2. The minimum atomic E-state index is -0.284. The minimum Gasteiger partial charge on any atom is -0.306 e. The van der Waals surface area contributed by atoms with E-state index in [2.05, 4.69) is 9.97 Å². The van der Waals surface area contributed by atoms with Gasteiger partial charge in [0.15, 0.2) is 5.78 Å². The highest BCUT2D eigenvalue weighted by atomic mass is 16.1. The Labute approximate surface area is 80.0 Å². The number of nitrogens with one attached hydrogen (secondary N) is 2. The number of carbonyl (C=O) groups excluding carboxylic acids is 1. The van der Waals surface area contributed by atoms with Crippen molar-refractivity contribution in [3.63, 3.8) is 0 Å². The number of H-pyrrole nitrogens is 2. The molecule has 14 heavy (non-hydrogen) atoms. The molecule has 0 spiro atoms. The molecule has 1 aromatic carbocycles. The van der Waals surface area contributed by atoms with Crippen LogP contribution in [0.4, 0.5) is 0 Å². The van der Waals surface area contributed by atoms with E-state index in [0.29, 0.717) is 16.6 Å². The number of aromatic amines is 2. The molecular weight excluding hydrogens is 180 g/mol. The molecule has 72 valence electrons. The number of rotatable bonds is 1. The molecule has 4 nitrogen and oxygen atoms in total. The normalized spacial score (nSPS) is 10.7. The zero-order valence-electron chi connectivity index (χ0n) is 7.97. The van der Waals surface area contributed by atoms with E-state index in [9.17, 15) is 9.59 Å². The highest BCUT2D eigenvalue weighted by Crippen LogP contribution is 2.17. The van der Waals surface area contributed by atoms with E-state index in [1.54, 1.807) is 6.07 Å². The molecule has 0 aliphatic carbocycles. The fourth-order valence-electron chi connectivity index (χ4n) is 1.66. The first kappa shape index (κ1) is 8.74. The first-order valence-electron chi connectivity index (χ1n) is 4.32. The van der Waals surface area contributed by atoms with Crippen molar-refractivity contribution in [2.75, 3.05) is 0 Å². The van der Waals surface area contributed by atoms with Gasteiger partial charge in [0.25, 0.3) is 0 Å². The number of benzene rings is 1. The van der Waals surface area contributed by atoms with E-state index in [4.69, 9.17) is 0 Å². The SMILES string of the molecule is CC(=O)c1c(C)ccc2[nH]c(=O)[nH]c12. The van der Waals surface area contributed by atoms with Crippen LogP contribution in [-0.2, 0) is 0 Å². The van der Waals surface area contributed by atoms with Crippen LogP contribution in [0.15, 0.2) is 16.9 Å². The maximum atomic E-state index is 11.4. The van der Waals surface area contributed by atoms with Gasteiger partial charge in [0, 0.05) is 5.56 Å². The summed E-state index contributed by atoms with van der Waals surface area (Å²) < 4.78 is 0. The molecule has 0 unspecified atom stereocenters. The average molecular weight is 190 g/mol. The van der Waals surface area contributed by atoms with Crippen molar-refractivity contribution in [2.24, 2.45) is 0 Å². The maximum Gasteiger partial charge on any atom is 0.323 e. The summed E-state index contributed by atoms with van der Waals surface area (Å²) in [4.78, 5) is 27.6. The molecule has 0 amide bonds. The Bertz CT molecular complexity index is 563. The van der Waals surface area contributed by atoms with Crippen LogP contribution in [0.25, 0.3) is 11.0 Å². The van der Waals surface area contributed by atoms with Gasteiger partial charge in [-0.25, -0.2) is 4.79 Å². The van der Waals surface area contributed by atoms with Crippen LogP contribution in [-0.4, -0.2) is 15.8 Å². The van der Waals surface area contributed by atoms with Gasteiger partial charge in [0.05, 0.1) is 11.0 Å². The molecule has 0 fully saturated rings. The number of aromatic nitrogens is 2. The number of carbonyl (C=O) groups is 1. The van der Waals surface area contributed by atoms with E-state index in [-0.39, 0.29) is 11.5 Å². The van der Waals surface area contributed by atoms with Crippen LogP contribution < -0.4 is 5.69 Å². The number of aryl methyl sites for hydroxylation is 1. The quantitative estimate of drug-likeness (QED) is 0.667. The lowest BCUT2D eigenvalue weighted by molar-refractivity contribution is 0.101. The van der Waals surface area contributed by atoms with E-state index >= 15 is 0 Å². The van der Waals surface area contributed by atoms with Crippen molar-refractivity contribution in [1.82, 2.24) is 9.97 Å². The van der Waals surface area contributed by atoms with E-state index in [1.165, 1.54) is 6.92 Å². The molecule has 0 radical (unpaired) electrons. The van der Waals surface area contributed by atoms with Gasteiger partial charge >= 0.3 is 5.69 Å². The lowest BCUT2D eigenvalue weighted by atomic mass is 10.0. The summed E-state index contributed by atoms with van der Waals surface area (Å²) in [5.74, 6) is -0.0386. The van der Waals surface area contributed by atoms with E-state index in [1.807, 2.05) is 13.0 Å². The summed E-state index contributed by atoms with van der Waals surface area (Å²) in [6.07, 6.45) is 0. The summed E-state index contributed by atoms with van der Waals surface area (Å²) in [5.41, 5.74) is 2.45. The summed E-state index contributed by atoms with van der Waals surface area (Å²) in [7, 11) is 0. The standard InChI is InChI=1S/C10H10N2O2/c1-5-3-4-7-9(8(5)6(2)13)12-10(14)11-7/h3-4H,1-2H3,(H2,11,12,14). The number of hydrogen-bond donors (Lipinski definition) is 2. The topological polar surface area (TPSA) is 65.7 Å². The zero-order valence-corrected chi connectivity index (χ0v) is 7.97. The van der Waals surface area contributed by atoms with Gasteiger partial charge in [-0.3, -0.25) is 4.79 Å². The van der Waals surface area contributed by atoms with Crippen LogP contribution >= 0.6 is 0 Å². The van der Waals surface area contributed by atoms with Crippen molar-refractivity contribution in [2.45, 2.75) is 13.8 Å². The summed E-state index contributed by atoms with van der Waals surface area (Å²) in [6.45, 7) is 3.34. The maximum absolute atomic E-state index is 11.4. The second kappa shape index (κ2) is 2.83. The van der Waals surface area contributed by atoms with Gasteiger partial charge in [-0.15, -0.1) is 0 Å². The van der Waals surface area contributed by atoms with E-state index < -0.39 is 0 Å². The number of fused-ring (bicyclic) bond motifs is 1.